The summed E-state index contributed by atoms with van der Waals surface area (Å²) in [6.07, 6.45) is 5.00. The van der Waals surface area contributed by atoms with E-state index in [2.05, 4.69) is 25.5 Å². The van der Waals surface area contributed by atoms with E-state index in [-0.39, 0.29) is 12.1 Å². The number of halogens is 1. The first-order chi connectivity index (χ1) is 10.2. The number of aromatic nitrogens is 2. The van der Waals surface area contributed by atoms with Gasteiger partial charge in [-0.1, -0.05) is 17.7 Å². The first kappa shape index (κ1) is 13.6. The molecule has 0 bridgehead atoms. The Bertz CT molecular complexity index is 630. The van der Waals surface area contributed by atoms with Gasteiger partial charge < -0.3 is 15.5 Å². The van der Waals surface area contributed by atoms with Crippen LogP contribution < -0.4 is 15.5 Å². The second-order valence-electron chi connectivity index (χ2n) is 4.77. The number of anilines is 2. The van der Waals surface area contributed by atoms with Crippen molar-refractivity contribution in [2.45, 2.75) is 6.04 Å². The summed E-state index contributed by atoms with van der Waals surface area (Å²) in [6.45, 7) is 1.45. The highest BCUT2D eigenvalue weighted by Gasteiger charge is 2.29. The lowest BCUT2D eigenvalue weighted by Gasteiger charge is -2.40. The molecule has 0 saturated carbocycles. The number of amides is 2. The summed E-state index contributed by atoms with van der Waals surface area (Å²) < 4.78 is 0. The molecule has 1 aliphatic rings. The van der Waals surface area contributed by atoms with Crippen LogP contribution in [0, 0.1) is 0 Å². The molecule has 2 amide bonds. The van der Waals surface area contributed by atoms with E-state index in [1.54, 1.807) is 42.9 Å². The molecule has 108 valence electrons. The third-order valence-corrected chi connectivity index (χ3v) is 3.41. The van der Waals surface area contributed by atoms with E-state index in [1.165, 1.54) is 0 Å². The number of hydrogen-bond acceptors (Lipinski definition) is 4. The number of carbonyl (C=O) groups is 1. The van der Waals surface area contributed by atoms with Crippen molar-refractivity contribution in [2.24, 2.45) is 0 Å². The van der Waals surface area contributed by atoms with Gasteiger partial charge in [0.2, 0.25) is 0 Å². The minimum Gasteiger partial charge on any atom is -0.351 e. The van der Waals surface area contributed by atoms with Crippen LogP contribution in [0.3, 0.4) is 0 Å². The molecule has 0 unspecified atom stereocenters. The highest BCUT2D eigenvalue weighted by Crippen LogP contribution is 2.17. The van der Waals surface area contributed by atoms with E-state index < -0.39 is 0 Å². The predicted octanol–water partition coefficient (Wildman–Crippen LogP) is 2.14. The summed E-state index contributed by atoms with van der Waals surface area (Å²) in [6, 6.07) is 6.91. The van der Waals surface area contributed by atoms with Crippen LogP contribution in [0.5, 0.6) is 0 Å². The molecule has 1 aromatic heterocycles. The molecule has 1 aliphatic heterocycles. The number of carbonyl (C=O) groups excluding carboxylic acids is 1. The Kier molecular flexibility index (Phi) is 3.87. The molecule has 6 nitrogen and oxygen atoms in total. The molecular formula is C14H14ClN5O. The number of benzene rings is 1. The van der Waals surface area contributed by atoms with Crippen LogP contribution in [0.2, 0.25) is 5.02 Å². The maximum atomic E-state index is 11.9. The minimum absolute atomic E-state index is 0.103. The lowest BCUT2D eigenvalue weighted by atomic mass is 10.1. The van der Waals surface area contributed by atoms with Gasteiger partial charge in [-0.05, 0) is 18.2 Å². The molecule has 7 heteroatoms. The first-order valence-electron chi connectivity index (χ1n) is 6.55. The average molecular weight is 304 g/mol. The summed E-state index contributed by atoms with van der Waals surface area (Å²) in [5.74, 6) is 0.825. The lowest BCUT2D eigenvalue weighted by molar-refractivity contribution is 0.245. The van der Waals surface area contributed by atoms with Crippen molar-refractivity contribution in [1.82, 2.24) is 15.3 Å². The van der Waals surface area contributed by atoms with Gasteiger partial charge in [-0.2, -0.15) is 0 Å². The largest absolute Gasteiger partial charge is 0.351 e. The van der Waals surface area contributed by atoms with Crippen molar-refractivity contribution < 1.29 is 4.79 Å². The Morgan fingerprint density at radius 1 is 1.33 bits per heavy atom. The molecule has 1 aromatic carbocycles. The Morgan fingerprint density at radius 2 is 2.19 bits per heavy atom. The maximum Gasteiger partial charge on any atom is 0.319 e. The van der Waals surface area contributed by atoms with Crippen LogP contribution in [0.1, 0.15) is 0 Å². The fraction of sp³-hybridized carbons (Fsp3) is 0.214. The Balaban J connectivity index is 1.47. The van der Waals surface area contributed by atoms with E-state index >= 15 is 0 Å². The van der Waals surface area contributed by atoms with Crippen molar-refractivity contribution in [3.8, 4) is 0 Å². The van der Waals surface area contributed by atoms with Crippen molar-refractivity contribution in [2.75, 3.05) is 23.3 Å². The zero-order valence-corrected chi connectivity index (χ0v) is 11.9. The van der Waals surface area contributed by atoms with Crippen LogP contribution in [0.25, 0.3) is 0 Å². The fourth-order valence-electron chi connectivity index (χ4n) is 2.13. The Labute approximate surface area is 127 Å². The topological polar surface area (TPSA) is 70.2 Å². The summed E-state index contributed by atoms with van der Waals surface area (Å²) >= 11 is 5.87. The van der Waals surface area contributed by atoms with Crippen molar-refractivity contribution in [3.05, 3.63) is 47.9 Å². The molecule has 1 saturated heterocycles. The number of nitrogens with one attached hydrogen (secondary N) is 2. The average Bonchev–Trinajstić information content (AvgIpc) is 2.43. The quantitative estimate of drug-likeness (QED) is 0.911. The zero-order valence-electron chi connectivity index (χ0n) is 11.2. The van der Waals surface area contributed by atoms with Gasteiger partial charge in [-0.15, -0.1) is 0 Å². The van der Waals surface area contributed by atoms with Crippen LogP contribution >= 0.6 is 11.6 Å². The standard InChI is InChI=1S/C14H14ClN5O/c15-10-2-1-3-11(6-10)18-14(21)19-12-8-20(9-12)13-7-16-4-5-17-13/h1-7,12H,8-9H2,(H2,18,19,21). The minimum atomic E-state index is -0.235. The van der Waals surface area contributed by atoms with Crippen molar-refractivity contribution in [1.29, 1.82) is 0 Å². The Hall–Kier alpha value is -2.34. The smallest absolute Gasteiger partial charge is 0.319 e. The third kappa shape index (κ3) is 3.41. The molecule has 0 radical (unpaired) electrons. The van der Waals surface area contributed by atoms with E-state index in [4.69, 9.17) is 11.6 Å². The third-order valence-electron chi connectivity index (χ3n) is 3.17. The molecule has 0 spiro atoms. The molecule has 3 rings (SSSR count). The lowest BCUT2D eigenvalue weighted by Crippen LogP contribution is -2.60. The van der Waals surface area contributed by atoms with Crippen molar-refractivity contribution in [3.63, 3.8) is 0 Å². The molecular weight excluding hydrogens is 290 g/mol. The normalized spacial score (nSPS) is 14.4. The number of hydrogen-bond donors (Lipinski definition) is 2. The van der Waals surface area contributed by atoms with Gasteiger partial charge in [0.05, 0.1) is 12.2 Å². The molecule has 2 N–H and O–H groups in total. The van der Waals surface area contributed by atoms with Crippen LogP contribution in [0.15, 0.2) is 42.9 Å². The van der Waals surface area contributed by atoms with Gasteiger partial charge in [0.1, 0.15) is 5.82 Å². The van der Waals surface area contributed by atoms with Gasteiger partial charge in [-0.3, -0.25) is 4.98 Å². The van der Waals surface area contributed by atoms with Crippen LogP contribution in [-0.4, -0.2) is 35.1 Å². The van der Waals surface area contributed by atoms with E-state index in [1.807, 2.05) is 0 Å². The monoisotopic (exact) mass is 303 g/mol. The maximum absolute atomic E-state index is 11.9. The molecule has 21 heavy (non-hydrogen) atoms. The number of rotatable bonds is 3. The molecule has 0 aliphatic carbocycles. The molecule has 2 aromatic rings. The molecule has 0 atom stereocenters. The second kappa shape index (κ2) is 5.97. The molecule has 1 fully saturated rings. The van der Waals surface area contributed by atoms with Gasteiger partial charge in [0.25, 0.3) is 0 Å². The van der Waals surface area contributed by atoms with E-state index in [0.717, 1.165) is 18.9 Å². The van der Waals surface area contributed by atoms with Gasteiger partial charge in [0.15, 0.2) is 0 Å². The first-order valence-corrected chi connectivity index (χ1v) is 6.92. The van der Waals surface area contributed by atoms with Gasteiger partial charge in [-0.25, -0.2) is 9.78 Å². The Morgan fingerprint density at radius 3 is 2.90 bits per heavy atom. The van der Waals surface area contributed by atoms with Gasteiger partial charge in [0, 0.05) is 36.2 Å². The number of nitrogens with zero attached hydrogens (tertiary/aromatic N) is 3. The SMILES string of the molecule is O=C(Nc1cccc(Cl)c1)NC1CN(c2cnccn2)C1. The highest BCUT2D eigenvalue weighted by atomic mass is 35.5. The van der Waals surface area contributed by atoms with Crippen LogP contribution in [0.4, 0.5) is 16.3 Å². The van der Waals surface area contributed by atoms with E-state index in [9.17, 15) is 4.79 Å². The highest BCUT2D eigenvalue weighted by molar-refractivity contribution is 6.30. The zero-order chi connectivity index (χ0) is 14.7. The number of urea groups is 1. The summed E-state index contributed by atoms with van der Waals surface area (Å²) in [5.41, 5.74) is 0.671. The fourth-order valence-corrected chi connectivity index (χ4v) is 2.32. The van der Waals surface area contributed by atoms with Crippen LogP contribution in [-0.2, 0) is 0 Å². The second-order valence-corrected chi connectivity index (χ2v) is 5.21. The summed E-state index contributed by atoms with van der Waals surface area (Å²) in [4.78, 5) is 22.1. The summed E-state index contributed by atoms with van der Waals surface area (Å²) in [5, 5.41) is 6.24. The predicted molar refractivity (Wildman–Crippen MR) is 81.6 cm³/mol. The van der Waals surface area contributed by atoms with Crippen molar-refractivity contribution >= 4 is 29.1 Å². The molecule has 2 heterocycles. The van der Waals surface area contributed by atoms with E-state index in [0.29, 0.717) is 10.7 Å². The summed E-state index contributed by atoms with van der Waals surface area (Å²) in [7, 11) is 0. The van der Waals surface area contributed by atoms with Gasteiger partial charge >= 0.3 is 6.03 Å².